The summed E-state index contributed by atoms with van der Waals surface area (Å²) < 4.78 is 27.5. The minimum atomic E-state index is -3.69. The molecule has 1 aliphatic carbocycles. The molecule has 1 amide bonds. The molecule has 0 spiro atoms. The Balaban J connectivity index is 1.74. The molecular formula is C20H23ClN2O3S. The average molecular weight is 407 g/mol. The van der Waals surface area contributed by atoms with Gasteiger partial charge in [-0.15, -0.1) is 0 Å². The Morgan fingerprint density at radius 2 is 1.70 bits per heavy atom. The molecule has 0 heterocycles. The van der Waals surface area contributed by atoms with Crippen LogP contribution in [0.4, 0.5) is 5.69 Å². The SMILES string of the molecule is CC[C@H](C)NC(=O)C1(c2ccc(NS(=O)(=O)c3ccc(Cl)cc3)cc2)CC1. The molecule has 2 aromatic rings. The first-order chi connectivity index (χ1) is 12.8. The number of carbonyl (C=O) groups is 1. The van der Waals surface area contributed by atoms with Crippen molar-refractivity contribution in [1.82, 2.24) is 5.32 Å². The van der Waals surface area contributed by atoms with Gasteiger partial charge in [0.1, 0.15) is 0 Å². The Bertz CT molecular complexity index is 921. The highest BCUT2D eigenvalue weighted by Gasteiger charge is 2.51. The number of hydrogen-bond donors (Lipinski definition) is 2. The van der Waals surface area contributed by atoms with E-state index in [4.69, 9.17) is 11.6 Å². The van der Waals surface area contributed by atoms with E-state index < -0.39 is 15.4 Å². The fourth-order valence-corrected chi connectivity index (χ4v) is 4.11. The van der Waals surface area contributed by atoms with Gasteiger partial charge in [0.05, 0.1) is 10.3 Å². The van der Waals surface area contributed by atoms with Crippen molar-refractivity contribution >= 4 is 33.2 Å². The van der Waals surface area contributed by atoms with E-state index in [1.54, 1.807) is 12.1 Å². The smallest absolute Gasteiger partial charge is 0.261 e. The van der Waals surface area contributed by atoms with Crippen LogP contribution in [0.2, 0.25) is 5.02 Å². The molecule has 0 unspecified atom stereocenters. The van der Waals surface area contributed by atoms with E-state index in [9.17, 15) is 13.2 Å². The first-order valence-electron chi connectivity index (χ1n) is 8.97. The van der Waals surface area contributed by atoms with Gasteiger partial charge in [-0.1, -0.05) is 30.7 Å². The largest absolute Gasteiger partial charge is 0.353 e. The summed E-state index contributed by atoms with van der Waals surface area (Å²) in [6.07, 6.45) is 2.50. The molecule has 144 valence electrons. The predicted molar refractivity (Wildman–Crippen MR) is 108 cm³/mol. The second-order valence-corrected chi connectivity index (χ2v) is 9.12. The van der Waals surface area contributed by atoms with Gasteiger partial charge < -0.3 is 5.32 Å². The van der Waals surface area contributed by atoms with E-state index in [1.807, 2.05) is 26.0 Å². The third-order valence-electron chi connectivity index (χ3n) is 4.99. The quantitative estimate of drug-likeness (QED) is 0.727. The molecule has 27 heavy (non-hydrogen) atoms. The van der Waals surface area contributed by atoms with Crippen LogP contribution in [0.5, 0.6) is 0 Å². The number of hydrogen-bond acceptors (Lipinski definition) is 3. The van der Waals surface area contributed by atoms with Gasteiger partial charge in [0.2, 0.25) is 5.91 Å². The van der Waals surface area contributed by atoms with Crippen molar-refractivity contribution in [2.24, 2.45) is 0 Å². The van der Waals surface area contributed by atoms with Gasteiger partial charge in [-0.25, -0.2) is 8.42 Å². The molecule has 7 heteroatoms. The zero-order valence-corrected chi connectivity index (χ0v) is 16.9. The summed E-state index contributed by atoms with van der Waals surface area (Å²) >= 11 is 5.81. The summed E-state index contributed by atoms with van der Waals surface area (Å²) in [4.78, 5) is 12.7. The highest BCUT2D eigenvalue weighted by molar-refractivity contribution is 7.92. The summed E-state index contributed by atoms with van der Waals surface area (Å²) in [7, 11) is -3.69. The van der Waals surface area contributed by atoms with E-state index in [0.29, 0.717) is 10.7 Å². The molecule has 0 saturated heterocycles. The molecule has 0 bridgehead atoms. The Hall–Kier alpha value is -2.05. The third kappa shape index (κ3) is 4.28. The maximum absolute atomic E-state index is 12.6. The van der Waals surface area contributed by atoms with Gasteiger partial charge in [-0.3, -0.25) is 9.52 Å². The molecule has 0 aromatic heterocycles. The summed E-state index contributed by atoms with van der Waals surface area (Å²) in [5, 5.41) is 3.52. The van der Waals surface area contributed by atoms with Crippen LogP contribution < -0.4 is 10.0 Å². The molecule has 1 fully saturated rings. The number of amides is 1. The van der Waals surface area contributed by atoms with Crippen LogP contribution in [0.25, 0.3) is 0 Å². The molecule has 2 aromatic carbocycles. The zero-order valence-electron chi connectivity index (χ0n) is 15.3. The molecule has 2 N–H and O–H groups in total. The molecule has 3 rings (SSSR count). The van der Waals surface area contributed by atoms with Crippen molar-refractivity contribution in [2.75, 3.05) is 4.72 Å². The second-order valence-electron chi connectivity index (χ2n) is 7.00. The summed E-state index contributed by atoms with van der Waals surface area (Å²) in [5.41, 5.74) is 0.890. The van der Waals surface area contributed by atoms with E-state index in [0.717, 1.165) is 24.8 Å². The molecule has 1 saturated carbocycles. The van der Waals surface area contributed by atoms with E-state index in [1.165, 1.54) is 24.3 Å². The van der Waals surface area contributed by atoms with Crippen molar-refractivity contribution in [2.45, 2.75) is 49.5 Å². The van der Waals surface area contributed by atoms with Crippen LogP contribution in [-0.4, -0.2) is 20.4 Å². The van der Waals surface area contributed by atoms with Gasteiger partial charge in [-0.05, 0) is 68.1 Å². The Morgan fingerprint density at radius 3 is 2.22 bits per heavy atom. The predicted octanol–water partition coefficient (Wildman–Crippen LogP) is 4.09. The maximum Gasteiger partial charge on any atom is 0.261 e. The fraction of sp³-hybridized carbons (Fsp3) is 0.350. The van der Waals surface area contributed by atoms with Crippen molar-refractivity contribution in [3.8, 4) is 0 Å². The van der Waals surface area contributed by atoms with E-state index in [2.05, 4.69) is 10.0 Å². The number of halogens is 1. The van der Waals surface area contributed by atoms with Gasteiger partial charge in [0.25, 0.3) is 10.0 Å². The van der Waals surface area contributed by atoms with Crippen LogP contribution in [0.15, 0.2) is 53.4 Å². The lowest BCUT2D eigenvalue weighted by molar-refractivity contribution is -0.124. The van der Waals surface area contributed by atoms with Gasteiger partial charge in [-0.2, -0.15) is 0 Å². The standard InChI is InChI=1S/C20H23ClN2O3S/c1-3-14(2)22-19(24)20(12-13-20)15-4-8-17(9-5-15)23-27(25,26)18-10-6-16(21)7-11-18/h4-11,14,23H,3,12-13H2,1-2H3,(H,22,24)/t14-/m0/s1. The van der Waals surface area contributed by atoms with Crippen molar-refractivity contribution in [3.63, 3.8) is 0 Å². The second kappa shape index (κ2) is 7.52. The van der Waals surface area contributed by atoms with Crippen molar-refractivity contribution in [1.29, 1.82) is 0 Å². The van der Waals surface area contributed by atoms with Crippen LogP contribution in [-0.2, 0) is 20.2 Å². The number of anilines is 1. The maximum atomic E-state index is 12.6. The normalized spacial score (nSPS) is 16.4. The summed E-state index contributed by atoms with van der Waals surface area (Å²) in [6.45, 7) is 4.02. The zero-order chi connectivity index (χ0) is 19.7. The van der Waals surface area contributed by atoms with Crippen LogP contribution >= 0.6 is 11.6 Å². The van der Waals surface area contributed by atoms with E-state index >= 15 is 0 Å². The van der Waals surface area contributed by atoms with Crippen LogP contribution in [0, 0.1) is 0 Å². The van der Waals surface area contributed by atoms with Crippen LogP contribution in [0.3, 0.4) is 0 Å². The molecule has 5 nitrogen and oxygen atoms in total. The first kappa shape index (κ1) is 19.7. The topological polar surface area (TPSA) is 75.3 Å². The Morgan fingerprint density at radius 1 is 1.11 bits per heavy atom. The highest BCUT2D eigenvalue weighted by Crippen LogP contribution is 2.48. The lowest BCUT2D eigenvalue weighted by Gasteiger charge is -2.19. The number of benzene rings is 2. The molecule has 0 aliphatic heterocycles. The lowest BCUT2D eigenvalue weighted by Crippen LogP contribution is -2.39. The van der Waals surface area contributed by atoms with Gasteiger partial charge in [0, 0.05) is 16.8 Å². The lowest BCUT2D eigenvalue weighted by atomic mass is 9.94. The van der Waals surface area contributed by atoms with Crippen molar-refractivity contribution in [3.05, 3.63) is 59.1 Å². The van der Waals surface area contributed by atoms with Gasteiger partial charge in [0.15, 0.2) is 0 Å². The Labute approximate surface area is 165 Å². The first-order valence-corrected chi connectivity index (χ1v) is 10.8. The minimum absolute atomic E-state index is 0.0475. The third-order valence-corrected chi connectivity index (χ3v) is 6.64. The molecule has 1 aliphatic rings. The molecule has 0 radical (unpaired) electrons. The summed E-state index contributed by atoms with van der Waals surface area (Å²) in [6, 6.07) is 13.2. The Kier molecular flexibility index (Phi) is 5.49. The number of rotatable bonds is 7. The number of sulfonamides is 1. The summed E-state index contributed by atoms with van der Waals surface area (Å²) in [5.74, 6) is 0.0475. The fourth-order valence-electron chi connectivity index (χ4n) is 2.92. The molecular weight excluding hydrogens is 384 g/mol. The minimum Gasteiger partial charge on any atom is -0.353 e. The average Bonchev–Trinajstić information content (AvgIpc) is 3.44. The molecule has 1 atom stereocenters. The highest BCUT2D eigenvalue weighted by atomic mass is 35.5. The number of carbonyl (C=O) groups excluding carboxylic acids is 1. The van der Waals surface area contributed by atoms with E-state index in [-0.39, 0.29) is 16.8 Å². The van der Waals surface area contributed by atoms with Crippen LogP contribution in [0.1, 0.15) is 38.7 Å². The number of nitrogens with one attached hydrogen (secondary N) is 2. The van der Waals surface area contributed by atoms with Gasteiger partial charge >= 0.3 is 0 Å². The van der Waals surface area contributed by atoms with Crippen molar-refractivity contribution < 1.29 is 13.2 Å². The monoisotopic (exact) mass is 406 g/mol.